The van der Waals surface area contributed by atoms with E-state index in [1.165, 1.54) is 24.3 Å². The van der Waals surface area contributed by atoms with Crippen molar-refractivity contribution >= 4 is 39.1 Å². The van der Waals surface area contributed by atoms with Crippen LogP contribution in [0.25, 0.3) is 0 Å². The number of benzene rings is 1. The summed E-state index contributed by atoms with van der Waals surface area (Å²) in [7, 11) is -3.64. The highest BCUT2D eigenvalue weighted by Gasteiger charge is 2.25. The predicted molar refractivity (Wildman–Crippen MR) is 91.4 cm³/mol. The van der Waals surface area contributed by atoms with Crippen LogP contribution in [0.3, 0.4) is 0 Å². The van der Waals surface area contributed by atoms with Gasteiger partial charge in [0, 0.05) is 6.04 Å². The Morgan fingerprint density at radius 2 is 1.75 bits per heavy atom. The van der Waals surface area contributed by atoms with E-state index in [9.17, 15) is 23.4 Å². The quantitative estimate of drug-likeness (QED) is 0.480. The second-order valence-corrected chi connectivity index (χ2v) is 8.20. The summed E-state index contributed by atoms with van der Waals surface area (Å²) < 4.78 is 26.5. The lowest BCUT2D eigenvalue weighted by Crippen LogP contribution is -2.44. The van der Waals surface area contributed by atoms with E-state index in [1.807, 2.05) is 0 Å². The average molecular weight is 399 g/mol. The van der Waals surface area contributed by atoms with Crippen molar-refractivity contribution in [1.82, 2.24) is 10.0 Å². The Morgan fingerprint density at radius 1 is 1.21 bits per heavy atom. The summed E-state index contributed by atoms with van der Waals surface area (Å²) in [6.45, 7) is 2.85. The van der Waals surface area contributed by atoms with Crippen LogP contribution in [0.1, 0.15) is 25.5 Å². The van der Waals surface area contributed by atoms with E-state index < -0.39 is 39.5 Å². The largest absolute Gasteiger partial charge is 0.394 e. The summed E-state index contributed by atoms with van der Waals surface area (Å²) in [4.78, 5) is 10.2. The van der Waals surface area contributed by atoms with Crippen molar-refractivity contribution in [2.75, 3.05) is 6.61 Å². The first-order valence-electron chi connectivity index (χ1n) is 7.08. The van der Waals surface area contributed by atoms with Crippen molar-refractivity contribution in [2.24, 2.45) is 0 Å². The molecule has 0 fully saturated rings. The molecule has 0 saturated carbocycles. The molecule has 0 aliphatic heterocycles. The third kappa shape index (κ3) is 5.87. The first kappa shape index (κ1) is 21.1. The number of nitrogens with one attached hydrogen (secondary N) is 2. The minimum Gasteiger partial charge on any atom is -0.394 e. The van der Waals surface area contributed by atoms with E-state index >= 15 is 0 Å². The molecule has 1 aromatic carbocycles. The Balaban J connectivity index is 2.92. The first-order valence-corrected chi connectivity index (χ1v) is 9.43. The van der Waals surface area contributed by atoms with Crippen LogP contribution in [0.15, 0.2) is 29.2 Å². The zero-order valence-electron chi connectivity index (χ0n) is 13.1. The van der Waals surface area contributed by atoms with Gasteiger partial charge in [-0.1, -0.05) is 35.3 Å². The summed E-state index contributed by atoms with van der Waals surface area (Å²) in [5, 5.41) is 21.8. The molecule has 7 nitrogen and oxygen atoms in total. The maximum atomic E-state index is 12.0. The number of hydrogen-bond acceptors (Lipinski definition) is 5. The molecule has 10 heteroatoms. The molecule has 0 spiro atoms. The van der Waals surface area contributed by atoms with Crippen LogP contribution in [-0.4, -0.2) is 48.1 Å². The van der Waals surface area contributed by atoms with Crippen molar-refractivity contribution in [1.29, 1.82) is 0 Å². The van der Waals surface area contributed by atoms with Gasteiger partial charge in [-0.15, -0.1) is 0 Å². The number of amides is 1. The van der Waals surface area contributed by atoms with Gasteiger partial charge in [-0.25, -0.2) is 13.1 Å². The van der Waals surface area contributed by atoms with Crippen LogP contribution in [0.5, 0.6) is 0 Å². The molecular weight excluding hydrogens is 379 g/mol. The van der Waals surface area contributed by atoms with Gasteiger partial charge in [0.1, 0.15) is 6.10 Å². The van der Waals surface area contributed by atoms with Crippen LogP contribution in [-0.2, 0) is 14.8 Å². The molecule has 2 unspecified atom stereocenters. The molecule has 1 rings (SSSR count). The van der Waals surface area contributed by atoms with Gasteiger partial charge in [0.15, 0.2) is 4.84 Å². The lowest BCUT2D eigenvalue weighted by Gasteiger charge is -2.23. The molecule has 0 saturated heterocycles. The number of carbonyl (C=O) groups is 1. The molecule has 0 bridgehead atoms. The topological polar surface area (TPSA) is 116 Å². The van der Waals surface area contributed by atoms with Gasteiger partial charge < -0.3 is 15.5 Å². The third-order valence-electron chi connectivity index (χ3n) is 3.03. The second-order valence-electron chi connectivity index (χ2n) is 5.39. The smallest absolute Gasteiger partial charge is 0.253 e. The fourth-order valence-electron chi connectivity index (χ4n) is 1.92. The van der Waals surface area contributed by atoms with Gasteiger partial charge in [-0.05, 0) is 31.5 Å². The van der Waals surface area contributed by atoms with Crippen LogP contribution in [0.4, 0.5) is 0 Å². The Labute approximate surface area is 151 Å². The second kappa shape index (κ2) is 8.98. The number of aliphatic hydroxyl groups is 2. The summed E-state index contributed by atoms with van der Waals surface area (Å²) >= 11 is 10.8. The highest BCUT2D eigenvalue weighted by molar-refractivity contribution is 7.89. The zero-order valence-corrected chi connectivity index (χ0v) is 15.4. The summed E-state index contributed by atoms with van der Waals surface area (Å²) in [6, 6.07) is 4.15. The normalized spacial score (nSPS) is 14.7. The van der Waals surface area contributed by atoms with Crippen molar-refractivity contribution in [3.63, 3.8) is 0 Å². The Hall–Kier alpha value is -0.900. The number of aliphatic hydroxyl groups excluding tert-OH is 2. The molecule has 1 aromatic rings. The number of rotatable bonds is 8. The Bertz CT molecular complexity index is 650. The van der Waals surface area contributed by atoms with Crippen molar-refractivity contribution in [3.8, 4) is 0 Å². The van der Waals surface area contributed by atoms with Gasteiger partial charge in [-0.2, -0.15) is 0 Å². The molecule has 1 amide bonds. The van der Waals surface area contributed by atoms with E-state index in [1.54, 1.807) is 13.8 Å². The highest BCUT2D eigenvalue weighted by Crippen LogP contribution is 2.20. The molecule has 2 atom stereocenters. The molecule has 136 valence electrons. The van der Waals surface area contributed by atoms with E-state index in [4.69, 9.17) is 23.2 Å². The fraction of sp³-hybridized carbons (Fsp3) is 0.500. The Morgan fingerprint density at radius 3 is 2.17 bits per heavy atom. The molecule has 0 aliphatic carbocycles. The molecule has 24 heavy (non-hydrogen) atoms. The maximum Gasteiger partial charge on any atom is 0.253 e. The molecule has 0 radical (unpaired) electrons. The Kier molecular flexibility index (Phi) is 7.91. The summed E-state index contributed by atoms with van der Waals surface area (Å²) in [5.41, 5.74) is 0.318. The third-order valence-corrected chi connectivity index (χ3v) is 5.10. The van der Waals surface area contributed by atoms with Crippen molar-refractivity contribution in [2.45, 2.75) is 41.8 Å². The average Bonchev–Trinajstić information content (AvgIpc) is 2.50. The number of carbonyl (C=O) groups excluding carboxylic acids is 1. The van der Waals surface area contributed by atoms with Gasteiger partial charge in [0.25, 0.3) is 5.91 Å². The van der Waals surface area contributed by atoms with E-state index in [0.717, 1.165) is 0 Å². The fourth-order valence-corrected chi connectivity index (χ4v) is 3.30. The van der Waals surface area contributed by atoms with Gasteiger partial charge in [0.2, 0.25) is 10.0 Å². The predicted octanol–water partition coefficient (Wildman–Crippen LogP) is 0.688. The standard InChI is InChI=1S/C14H20Cl2N2O5S/c1-8(2)18-24(22,23)10-5-3-9(4-6-10)12(20)11(7-19)17-14(21)13(15)16/h3-6,8,11-13,18-20H,7H2,1-2H3,(H,17,21). The maximum absolute atomic E-state index is 12.0. The lowest BCUT2D eigenvalue weighted by atomic mass is 10.0. The number of sulfonamides is 1. The van der Waals surface area contributed by atoms with Crippen LogP contribution in [0, 0.1) is 0 Å². The first-order chi connectivity index (χ1) is 11.1. The minimum absolute atomic E-state index is 0.0401. The summed E-state index contributed by atoms with van der Waals surface area (Å²) in [5.74, 6) is -0.753. The zero-order chi connectivity index (χ0) is 18.5. The number of hydrogen-bond donors (Lipinski definition) is 4. The minimum atomic E-state index is -3.64. The van der Waals surface area contributed by atoms with E-state index in [0.29, 0.717) is 5.56 Å². The number of halogens is 2. The van der Waals surface area contributed by atoms with Gasteiger partial charge in [0.05, 0.1) is 17.5 Å². The van der Waals surface area contributed by atoms with Crippen LogP contribution < -0.4 is 10.0 Å². The number of alkyl halides is 2. The monoisotopic (exact) mass is 398 g/mol. The highest BCUT2D eigenvalue weighted by atomic mass is 35.5. The van der Waals surface area contributed by atoms with E-state index in [2.05, 4.69) is 10.0 Å². The van der Waals surface area contributed by atoms with Crippen LogP contribution in [0.2, 0.25) is 0 Å². The molecule has 0 heterocycles. The molecule has 4 N–H and O–H groups in total. The van der Waals surface area contributed by atoms with Crippen molar-refractivity contribution < 1.29 is 23.4 Å². The van der Waals surface area contributed by atoms with Crippen LogP contribution >= 0.6 is 23.2 Å². The lowest BCUT2D eigenvalue weighted by molar-refractivity contribution is -0.121. The van der Waals surface area contributed by atoms with Gasteiger partial charge >= 0.3 is 0 Å². The van der Waals surface area contributed by atoms with E-state index in [-0.39, 0.29) is 10.9 Å². The SMILES string of the molecule is CC(C)NS(=O)(=O)c1ccc(C(O)C(CO)NC(=O)C(Cl)Cl)cc1. The van der Waals surface area contributed by atoms with Crippen molar-refractivity contribution in [3.05, 3.63) is 29.8 Å². The van der Waals surface area contributed by atoms with Gasteiger partial charge in [-0.3, -0.25) is 4.79 Å². The molecule has 0 aliphatic rings. The molecular formula is C14H20Cl2N2O5S. The summed E-state index contributed by atoms with van der Waals surface area (Å²) in [6.07, 6.45) is -1.26. The molecule has 0 aromatic heterocycles.